The number of hydrogen-bond acceptors (Lipinski definition) is 6. The predicted molar refractivity (Wildman–Crippen MR) is 135 cm³/mol. The molecule has 2 heterocycles. The van der Waals surface area contributed by atoms with Crippen molar-refractivity contribution in [2.75, 3.05) is 34.0 Å². The van der Waals surface area contributed by atoms with Crippen LogP contribution in [-0.4, -0.2) is 44.8 Å². The normalized spacial score (nSPS) is 15.1. The van der Waals surface area contributed by atoms with Gasteiger partial charge in [-0.25, -0.2) is 0 Å². The predicted octanol–water partition coefficient (Wildman–Crippen LogP) is 5.18. The van der Waals surface area contributed by atoms with E-state index in [0.29, 0.717) is 47.8 Å². The van der Waals surface area contributed by atoms with Crippen LogP contribution in [0.15, 0.2) is 39.5 Å². The second-order valence-corrected chi connectivity index (χ2v) is 8.97. The molecule has 3 aromatic rings. The van der Waals surface area contributed by atoms with Gasteiger partial charge in [-0.3, -0.25) is 9.59 Å². The smallest absolute Gasteiger partial charge is 0.290 e. The number of unbranched alkanes of at least 4 members (excludes halogenated alkanes) is 2. The van der Waals surface area contributed by atoms with Crippen molar-refractivity contribution in [1.29, 1.82) is 0 Å². The number of fused-ring (bicyclic) bond motifs is 2. The molecule has 0 fully saturated rings. The molecule has 1 aromatic heterocycles. The molecule has 2 aromatic carbocycles. The number of hydrogen-bond donors (Lipinski definition) is 0. The molecule has 0 aliphatic carbocycles. The van der Waals surface area contributed by atoms with Gasteiger partial charge in [-0.1, -0.05) is 25.8 Å². The van der Waals surface area contributed by atoms with Crippen LogP contribution in [0.2, 0.25) is 0 Å². The number of carbonyl (C=O) groups is 1. The maximum absolute atomic E-state index is 13.7. The van der Waals surface area contributed by atoms with Crippen LogP contribution in [0, 0.1) is 13.8 Å². The minimum Gasteiger partial charge on any atom is -0.493 e. The van der Waals surface area contributed by atoms with Crippen molar-refractivity contribution < 1.29 is 23.4 Å². The number of aryl methyl sites for hydroxylation is 2. The van der Waals surface area contributed by atoms with Crippen LogP contribution < -0.4 is 14.9 Å². The van der Waals surface area contributed by atoms with Crippen molar-refractivity contribution in [3.8, 4) is 11.5 Å². The Balaban J connectivity index is 1.82. The molecule has 0 N–H and O–H groups in total. The highest BCUT2D eigenvalue weighted by Crippen LogP contribution is 2.41. The fraction of sp³-hybridized carbons (Fsp3) is 0.429. The molecule has 0 radical (unpaired) electrons. The molecule has 186 valence electrons. The summed E-state index contributed by atoms with van der Waals surface area (Å²) in [5.74, 6) is 0.962. The lowest BCUT2D eigenvalue weighted by Crippen LogP contribution is -2.32. The molecule has 1 atom stereocenters. The van der Waals surface area contributed by atoms with Gasteiger partial charge in [-0.05, 0) is 61.2 Å². The third-order valence-corrected chi connectivity index (χ3v) is 6.63. The number of methoxy groups -OCH3 is 2. The maximum Gasteiger partial charge on any atom is 0.290 e. The number of ether oxygens (including phenoxy) is 3. The van der Waals surface area contributed by atoms with Crippen molar-refractivity contribution in [3.05, 3.63) is 68.6 Å². The average molecular weight is 480 g/mol. The molecule has 0 bridgehead atoms. The maximum atomic E-state index is 13.7. The molecule has 0 saturated heterocycles. The zero-order chi connectivity index (χ0) is 25.1. The highest BCUT2D eigenvalue weighted by atomic mass is 16.5. The van der Waals surface area contributed by atoms with Gasteiger partial charge in [0.25, 0.3) is 5.91 Å². The van der Waals surface area contributed by atoms with Crippen molar-refractivity contribution in [3.63, 3.8) is 0 Å². The topological polar surface area (TPSA) is 78.2 Å². The van der Waals surface area contributed by atoms with E-state index in [1.807, 2.05) is 44.2 Å². The van der Waals surface area contributed by atoms with E-state index in [9.17, 15) is 9.59 Å². The van der Waals surface area contributed by atoms with Crippen molar-refractivity contribution >= 4 is 16.9 Å². The minimum atomic E-state index is -0.613. The quantitative estimate of drug-likeness (QED) is 0.373. The lowest BCUT2D eigenvalue weighted by atomic mass is 9.97. The van der Waals surface area contributed by atoms with Crippen LogP contribution in [0.5, 0.6) is 11.5 Å². The summed E-state index contributed by atoms with van der Waals surface area (Å²) >= 11 is 0. The van der Waals surface area contributed by atoms with E-state index >= 15 is 0 Å². The zero-order valence-corrected chi connectivity index (χ0v) is 21.1. The summed E-state index contributed by atoms with van der Waals surface area (Å²) in [4.78, 5) is 28.8. The van der Waals surface area contributed by atoms with Crippen LogP contribution in [0.4, 0.5) is 0 Å². The zero-order valence-electron chi connectivity index (χ0n) is 21.1. The molecule has 4 rings (SSSR count). The number of rotatable bonds is 10. The molecular formula is C28H33NO6. The first-order valence-electron chi connectivity index (χ1n) is 12.1. The average Bonchev–Trinajstić information content (AvgIpc) is 3.13. The van der Waals surface area contributed by atoms with Crippen LogP contribution in [0.1, 0.15) is 65.0 Å². The molecule has 1 aliphatic heterocycles. The first-order chi connectivity index (χ1) is 16.9. The minimum absolute atomic E-state index is 0.0886. The Morgan fingerprint density at radius 2 is 1.74 bits per heavy atom. The van der Waals surface area contributed by atoms with Gasteiger partial charge >= 0.3 is 0 Å². The summed E-state index contributed by atoms with van der Waals surface area (Å²) in [5.41, 5.74) is 3.32. The molecule has 7 nitrogen and oxygen atoms in total. The fourth-order valence-corrected chi connectivity index (χ4v) is 4.55. The molecule has 1 unspecified atom stereocenters. The first-order valence-corrected chi connectivity index (χ1v) is 12.1. The van der Waals surface area contributed by atoms with E-state index in [1.54, 1.807) is 19.1 Å². The highest BCUT2D eigenvalue weighted by Gasteiger charge is 2.42. The lowest BCUT2D eigenvalue weighted by molar-refractivity contribution is 0.0663. The molecular weight excluding hydrogens is 446 g/mol. The van der Waals surface area contributed by atoms with Gasteiger partial charge in [-0.15, -0.1) is 0 Å². The Morgan fingerprint density at radius 1 is 0.971 bits per heavy atom. The Bertz CT molecular complexity index is 1290. The summed E-state index contributed by atoms with van der Waals surface area (Å²) < 4.78 is 22.9. The molecule has 0 saturated carbocycles. The summed E-state index contributed by atoms with van der Waals surface area (Å²) in [6.45, 7) is 7.30. The van der Waals surface area contributed by atoms with Crippen LogP contribution >= 0.6 is 0 Å². The third-order valence-electron chi connectivity index (χ3n) is 6.63. The number of benzene rings is 2. The largest absolute Gasteiger partial charge is 0.493 e. The summed E-state index contributed by atoms with van der Waals surface area (Å²) in [7, 11) is 3.17. The van der Waals surface area contributed by atoms with Crippen LogP contribution in [0.3, 0.4) is 0 Å². The second kappa shape index (κ2) is 10.5. The van der Waals surface area contributed by atoms with Crippen LogP contribution in [0.25, 0.3) is 11.0 Å². The van der Waals surface area contributed by atoms with E-state index < -0.39 is 6.04 Å². The molecule has 1 amide bonds. The number of carbonyl (C=O) groups excluding carboxylic acids is 1. The van der Waals surface area contributed by atoms with E-state index in [4.69, 9.17) is 18.6 Å². The Hall–Kier alpha value is -3.32. The lowest BCUT2D eigenvalue weighted by Gasteiger charge is -2.25. The Kier molecular flexibility index (Phi) is 7.45. The molecule has 0 spiro atoms. The van der Waals surface area contributed by atoms with Gasteiger partial charge in [0.1, 0.15) is 5.58 Å². The summed E-state index contributed by atoms with van der Waals surface area (Å²) in [6.07, 6.45) is 3.17. The van der Waals surface area contributed by atoms with Gasteiger partial charge in [0.15, 0.2) is 16.9 Å². The Labute approximate surface area is 205 Å². The fourth-order valence-electron chi connectivity index (χ4n) is 4.55. The van der Waals surface area contributed by atoms with Gasteiger partial charge in [-0.2, -0.15) is 0 Å². The van der Waals surface area contributed by atoms with Gasteiger partial charge in [0, 0.05) is 13.7 Å². The van der Waals surface area contributed by atoms with Gasteiger partial charge < -0.3 is 23.5 Å². The SMILES string of the molecule is CCCCCOc1ccc(C2c3c(oc4cc(C)c(C)cc4c3=O)C(=O)N2CCOC)cc1OC. The first kappa shape index (κ1) is 24.8. The monoisotopic (exact) mass is 479 g/mol. The van der Waals surface area contributed by atoms with Crippen molar-refractivity contribution in [2.45, 2.75) is 46.1 Å². The molecule has 35 heavy (non-hydrogen) atoms. The third kappa shape index (κ3) is 4.65. The van der Waals surface area contributed by atoms with Crippen molar-refractivity contribution in [1.82, 2.24) is 4.90 Å². The van der Waals surface area contributed by atoms with Gasteiger partial charge in [0.05, 0.1) is 37.3 Å². The molecule has 7 heteroatoms. The van der Waals surface area contributed by atoms with Crippen molar-refractivity contribution in [2.24, 2.45) is 0 Å². The van der Waals surface area contributed by atoms with E-state index in [0.717, 1.165) is 36.0 Å². The van der Waals surface area contributed by atoms with E-state index in [2.05, 4.69) is 6.92 Å². The number of nitrogens with zero attached hydrogens (tertiary/aromatic N) is 1. The highest BCUT2D eigenvalue weighted by molar-refractivity contribution is 5.99. The second-order valence-electron chi connectivity index (χ2n) is 8.97. The van der Waals surface area contributed by atoms with Crippen LogP contribution in [-0.2, 0) is 4.74 Å². The van der Waals surface area contributed by atoms with Gasteiger partial charge in [0.2, 0.25) is 5.76 Å². The van der Waals surface area contributed by atoms with E-state index in [1.165, 1.54) is 0 Å². The standard InChI is InChI=1S/C28H33NO6/c1-6-7-8-12-34-21-10-9-19(16-23(21)33-5)25-24-26(30)20-14-17(2)18(3)15-22(20)35-27(24)28(31)29(25)11-13-32-4/h9-10,14-16,25H,6-8,11-13H2,1-5H3. The number of amides is 1. The summed E-state index contributed by atoms with van der Waals surface area (Å²) in [6, 6.07) is 8.61. The Morgan fingerprint density at radius 3 is 2.46 bits per heavy atom. The van der Waals surface area contributed by atoms with E-state index in [-0.39, 0.29) is 17.1 Å². The molecule has 1 aliphatic rings. The summed E-state index contributed by atoms with van der Waals surface area (Å²) in [5, 5.41) is 0.473.